The maximum atomic E-state index is 10.5. The Labute approximate surface area is 79.5 Å². The van der Waals surface area contributed by atoms with Gasteiger partial charge < -0.3 is 0 Å². The average Bonchev–Trinajstić information content (AvgIpc) is 2.07. The van der Waals surface area contributed by atoms with Gasteiger partial charge in [0.05, 0.1) is 4.92 Å². The molecule has 1 aromatic carbocycles. The molecule has 0 aliphatic heterocycles. The summed E-state index contributed by atoms with van der Waals surface area (Å²) in [4.78, 5) is 19.6. The van der Waals surface area contributed by atoms with E-state index in [4.69, 9.17) is 0 Å². The fourth-order valence-corrected chi connectivity index (χ4v) is 1.19. The van der Waals surface area contributed by atoms with Crippen LogP contribution in [0.15, 0.2) is 18.2 Å². The quantitative estimate of drug-likeness (QED) is 0.543. The van der Waals surface area contributed by atoms with Crippen LogP contribution in [-0.2, 0) is 6.54 Å². The highest BCUT2D eigenvalue weighted by molar-refractivity contribution is 5.44. The average molecular weight is 196 g/mol. The van der Waals surface area contributed by atoms with Crippen LogP contribution < -0.4 is 0 Å². The Morgan fingerprint density at radius 3 is 2.43 bits per heavy atom. The van der Waals surface area contributed by atoms with E-state index in [1.807, 2.05) is 0 Å². The summed E-state index contributed by atoms with van der Waals surface area (Å²) in [6.07, 6.45) is 0. The van der Waals surface area contributed by atoms with Crippen molar-refractivity contribution < 1.29 is 9.85 Å². The van der Waals surface area contributed by atoms with Gasteiger partial charge in [-0.25, -0.2) is 0 Å². The zero-order valence-electron chi connectivity index (χ0n) is 7.47. The van der Waals surface area contributed by atoms with Crippen molar-refractivity contribution in [1.82, 2.24) is 0 Å². The van der Waals surface area contributed by atoms with Gasteiger partial charge in [0.15, 0.2) is 0 Å². The summed E-state index contributed by atoms with van der Waals surface area (Å²) >= 11 is 0. The first-order valence-electron chi connectivity index (χ1n) is 3.87. The lowest BCUT2D eigenvalue weighted by atomic mass is 10.1. The number of benzene rings is 1. The fraction of sp³-hybridized carbons (Fsp3) is 0.250. The molecule has 0 aliphatic rings. The third kappa shape index (κ3) is 2.03. The molecule has 0 fully saturated rings. The molecular weight excluding hydrogens is 188 g/mol. The third-order valence-corrected chi connectivity index (χ3v) is 1.87. The smallest absolute Gasteiger partial charge is 0.264 e. The molecule has 0 spiro atoms. The summed E-state index contributed by atoms with van der Waals surface area (Å²) in [5.41, 5.74) is 0.542. The van der Waals surface area contributed by atoms with Crippen molar-refractivity contribution in [1.29, 1.82) is 0 Å². The van der Waals surface area contributed by atoms with Crippen LogP contribution in [0.2, 0.25) is 0 Å². The third-order valence-electron chi connectivity index (χ3n) is 1.87. The summed E-state index contributed by atoms with van der Waals surface area (Å²) in [5.74, 6) is 0. The second-order valence-electron chi connectivity index (χ2n) is 2.82. The summed E-state index contributed by atoms with van der Waals surface area (Å²) in [6.45, 7) is 1.11. The van der Waals surface area contributed by atoms with Crippen molar-refractivity contribution in [3.05, 3.63) is 49.6 Å². The number of aryl methyl sites for hydroxylation is 1. The van der Waals surface area contributed by atoms with Crippen LogP contribution in [0, 0.1) is 27.2 Å². The first-order chi connectivity index (χ1) is 6.52. The number of hydrogen-bond acceptors (Lipinski definition) is 4. The maximum Gasteiger partial charge on any atom is 0.279 e. The molecule has 1 aromatic rings. The second-order valence-corrected chi connectivity index (χ2v) is 2.82. The van der Waals surface area contributed by atoms with Gasteiger partial charge in [-0.3, -0.25) is 20.2 Å². The maximum absolute atomic E-state index is 10.5. The lowest BCUT2D eigenvalue weighted by molar-refractivity contribution is -0.498. The molecule has 6 heteroatoms. The molecular formula is C8H8N2O4. The van der Waals surface area contributed by atoms with Crippen LogP contribution in [0.5, 0.6) is 0 Å². The lowest BCUT2D eigenvalue weighted by Gasteiger charge is -2.01. The molecule has 0 aromatic heterocycles. The van der Waals surface area contributed by atoms with Crippen molar-refractivity contribution in [2.75, 3.05) is 0 Å². The van der Waals surface area contributed by atoms with E-state index in [0.29, 0.717) is 5.56 Å². The SMILES string of the molecule is Cc1cccc([N+](=O)[O-])c1C[N+](=O)[O-]. The molecule has 0 aliphatic carbocycles. The van der Waals surface area contributed by atoms with Crippen LogP contribution in [0.25, 0.3) is 0 Å². The van der Waals surface area contributed by atoms with Crippen molar-refractivity contribution in [3.8, 4) is 0 Å². The summed E-state index contributed by atoms with van der Waals surface area (Å²) in [6, 6.07) is 4.40. The Kier molecular flexibility index (Phi) is 2.76. The van der Waals surface area contributed by atoms with E-state index in [-0.39, 0.29) is 11.3 Å². The zero-order valence-corrected chi connectivity index (χ0v) is 7.47. The fourth-order valence-electron chi connectivity index (χ4n) is 1.19. The minimum atomic E-state index is -0.605. The van der Waals surface area contributed by atoms with Crippen molar-refractivity contribution in [3.63, 3.8) is 0 Å². The molecule has 1 rings (SSSR count). The van der Waals surface area contributed by atoms with Crippen LogP contribution in [-0.4, -0.2) is 9.85 Å². The minimum Gasteiger partial charge on any atom is -0.264 e. The molecule has 0 unspecified atom stereocenters. The second kappa shape index (κ2) is 3.82. The Balaban J connectivity index is 3.22. The highest BCUT2D eigenvalue weighted by Gasteiger charge is 2.19. The van der Waals surface area contributed by atoms with Gasteiger partial charge in [0, 0.05) is 11.0 Å². The largest absolute Gasteiger partial charge is 0.279 e. The number of hydrogen-bond donors (Lipinski definition) is 0. The van der Waals surface area contributed by atoms with Gasteiger partial charge in [0.25, 0.3) is 5.69 Å². The lowest BCUT2D eigenvalue weighted by Crippen LogP contribution is -2.04. The topological polar surface area (TPSA) is 86.3 Å². The van der Waals surface area contributed by atoms with E-state index >= 15 is 0 Å². The molecule has 74 valence electrons. The summed E-state index contributed by atoms with van der Waals surface area (Å²) in [7, 11) is 0. The highest BCUT2D eigenvalue weighted by Crippen LogP contribution is 2.22. The van der Waals surface area contributed by atoms with Crippen LogP contribution in [0.1, 0.15) is 11.1 Å². The highest BCUT2D eigenvalue weighted by atomic mass is 16.6. The molecule has 0 saturated heterocycles. The Bertz CT molecular complexity index is 389. The summed E-state index contributed by atoms with van der Waals surface area (Å²) in [5, 5.41) is 20.8. The zero-order chi connectivity index (χ0) is 10.7. The van der Waals surface area contributed by atoms with E-state index in [9.17, 15) is 20.2 Å². The Morgan fingerprint density at radius 1 is 1.29 bits per heavy atom. The molecule has 0 radical (unpaired) electrons. The van der Waals surface area contributed by atoms with Crippen LogP contribution >= 0.6 is 0 Å². The molecule has 6 nitrogen and oxygen atoms in total. The van der Waals surface area contributed by atoms with E-state index < -0.39 is 16.4 Å². The minimum absolute atomic E-state index is 0.169. The predicted molar refractivity (Wildman–Crippen MR) is 48.5 cm³/mol. The van der Waals surface area contributed by atoms with Crippen LogP contribution in [0.3, 0.4) is 0 Å². The first-order valence-corrected chi connectivity index (χ1v) is 3.87. The van der Waals surface area contributed by atoms with Gasteiger partial charge in [-0.15, -0.1) is 0 Å². The molecule has 14 heavy (non-hydrogen) atoms. The van der Waals surface area contributed by atoms with Gasteiger partial charge in [-0.05, 0) is 12.5 Å². The molecule has 0 heterocycles. The molecule has 0 N–H and O–H groups in total. The van der Waals surface area contributed by atoms with E-state index in [1.165, 1.54) is 12.1 Å². The monoisotopic (exact) mass is 196 g/mol. The van der Waals surface area contributed by atoms with Gasteiger partial charge in [0.2, 0.25) is 6.54 Å². The van der Waals surface area contributed by atoms with Crippen molar-refractivity contribution in [2.24, 2.45) is 0 Å². The van der Waals surface area contributed by atoms with Gasteiger partial charge >= 0.3 is 0 Å². The van der Waals surface area contributed by atoms with Crippen molar-refractivity contribution in [2.45, 2.75) is 13.5 Å². The molecule has 0 bridgehead atoms. The van der Waals surface area contributed by atoms with E-state index in [1.54, 1.807) is 13.0 Å². The normalized spacial score (nSPS) is 9.79. The number of nitro benzene ring substituents is 1. The molecule has 0 amide bonds. The number of rotatable bonds is 3. The Morgan fingerprint density at radius 2 is 1.93 bits per heavy atom. The van der Waals surface area contributed by atoms with Gasteiger partial charge in [-0.2, -0.15) is 0 Å². The van der Waals surface area contributed by atoms with E-state index in [2.05, 4.69) is 0 Å². The van der Waals surface area contributed by atoms with Gasteiger partial charge in [0.1, 0.15) is 5.56 Å². The molecule has 0 atom stereocenters. The predicted octanol–water partition coefficient (Wildman–Crippen LogP) is 1.68. The van der Waals surface area contributed by atoms with E-state index in [0.717, 1.165) is 0 Å². The number of nitrogens with zero attached hydrogens (tertiary/aromatic N) is 2. The first kappa shape index (κ1) is 10.1. The van der Waals surface area contributed by atoms with Crippen LogP contribution in [0.4, 0.5) is 5.69 Å². The standard InChI is InChI=1S/C8H8N2O4/c1-6-3-2-4-8(10(13)14)7(6)5-9(11)12/h2-4H,5H2,1H3. The Hall–Kier alpha value is -1.98. The van der Waals surface area contributed by atoms with Gasteiger partial charge in [-0.1, -0.05) is 12.1 Å². The summed E-state index contributed by atoms with van der Waals surface area (Å²) < 4.78 is 0. The molecule has 0 saturated carbocycles. The van der Waals surface area contributed by atoms with Crippen molar-refractivity contribution >= 4 is 5.69 Å². The number of nitro groups is 2.